The van der Waals surface area contributed by atoms with Crippen LogP contribution in [0.15, 0.2) is 11.0 Å². The van der Waals surface area contributed by atoms with Crippen molar-refractivity contribution >= 4 is 0 Å². The summed E-state index contributed by atoms with van der Waals surface area (Å²) in [5.74, 6) is 0. The molecule has 2 aliphatic heterocycles. The first-order valence-corrected chi connectivity index (χ1v) is 5.22. The second kappa shape index (κ2) is 3.29. The fourth-order valence-corrected chi connectivity index (χ4v) is 2.14. The maximum Gasteiger partial charge on any atom is 0.302 e. The first kappa shape index (κ1) is 9.80. The molecule has 2 aliphatic rings. The van der Waals surface area contributed by atoms with Crippen LogP contribution in [0.3, 0.4) is 0 Å². The lowest BCUT2D eigenvalue weighted by Gasteiger charge is -2.23. The second-order valence-corrected chi connectivity index (χ2v) is 4.12. The van der Waals surface area contributed by atoms with Crippen LogP contribution in [0, 0.1) is 6.92 Å². The molecule has 2 bridgehead atoms. The first-order chi connectivity index (χ1) is 7.69. The molecule has 0 saturated carbocycles. The lowest BCUT2D eigenvalue weighted by Crippen LogP contribution is -2.33. The Bertz CT molecular complexity index is 484. The Morgan fingerprint density at radius 2 is 2.50 bits per heavy atom. The van der Waals surface area contributed by atoms with Gasteiger partial charge in [-0.1, -0.05) is 0 Å². The van der Waals surface area contributed by atoms with Gasteiger partial charge in [0.25, 0.3) is 5.56 Å². The summed E-state index contributed by atoms with van der Waals surface area (Å²) in [4.78, 5) is 15.2. The second-order valence-electron chi connectivity index (χ2n) is 4.12. The summed E-state index contributed by atoms with van der Waals surface area (Å²) in [6.07, 6.45) is 1.65. The van der Waals surface area contributed by atoms with E-state index in [9.17, 15) is 4.79 Å². The van der Waals surface area contributed by atoms with Crippen LogP contribution in [0.5, 0.6) is 6.01 Å². The van der Waals surface area contributed by atoms with Crippen LogP contribution in [0.25, 0.3) is 0 Å². The Hall–Kier alpha value is -1.40. The minimum Gasteiger partial charge on any atom is -0.458 e. The Kier molecular flexibility index (Phi) is 2.02. The van der Waals surface area contributed by atoms with E-state index in [0.717, 1.165) is 0 Å². The minimum absolute atomic E-state index is 0.0844. The van der Waals surface area contributed by atoms with Crippen molar-refractivity contribution in [2.45, 2.75) is 31.8 Å². The Morgan fingerprint density at radius 3 is 3.25 bits per heavy atom. The van der Waals surface area contributed by atoms with Crippen LogP contribution in [-0.2, 0) is 4.74 Å². The number of rotatable bonds is 1. The Morgan fingerprint density at radius 1 is 1.69 bits per heavy atom. The molecule has 6 heteroatoms. The molecule has 1 aromatic rings. The van der Waals surface area contributed by atoms with E-state index in [1.807, 2.05) is 0 Å². The molecular formula is C10H12N2O4. The highest BCUT2D eigenvalue weighted by molar-refractivity contribution is 5.12. The SMILES string of the molecule is Cc1cn2c(nc1=O)OC1C[C@H]2O[C@@H]1CO. The van der Waals surface area contributed by atoms with Gasteiger partial charge in [-0.05, 0) is 6.92 Å². The van der Waals surface area contributed by atoms with Gasteiger partial charge in [0.15, 0.2) is 0 Å². The van der Waals surface area contributed by atoms with Gasteiger partial charge in [0.1, 0.15) is 18.4 Å². The number of aryl methyl sites for hydroxylation is 1. The molecule has 1 aromatic heterocycles. The van der Waals surface area contributed by atoms with Crippen molar-refractivity contribution in [3.63, 3.8) is 0 Å². The van der Waals surface area contributed by atoms with Gasteiger partial charge in [-0.25, -0.2) is 0 Å². The lowest BCUT2D eigenvalue weighted by atomic mass is 10.1. The average molecular weight is 224 g/mol. The fourth-order valence-electron chi connectivity index (χ4n) is 2.14. The summed E-state index contributed by atoms with van der Waals surface area (Å²) in [5.41, 5.74) is 0.273. The molecule has 3 heterocycles. The van der Waals surface area contributed by atoms with E-state index in [1.54, 1.807) is 17.7 Å². The number of nitrogens with zero attached hydrogens (tertiary/aromatic N) is 2. The van der Waals surface area contributed by atoms with Crippen molar-refractivity contribution in [2.75, 3.05) is 6.61 Å². The zero-order chi connectivity index (χ0) is 11.3. The topological polar surface area (TPSA) is 73.6 Å². The summed E-state index contributed by atoms with van der Waals surface area (Å²) in [5, 5.41) is 9.10. The molecule has 0 amide bonds. The summed E-state index contributed by atoms with van der Waals surface area (Å²) < 4.78 is 12.8. The van der Waals surface area contributed by atoms with E-state index in [2.05, 4.69) is 4.98 Å². The monoisotopic (exact) mass is 224 g/mol. The van der Waals surface area contributed by atoms with Gasteiger partial charge in [-0.2, -0.15) is 4.98 Å². The molecule has 0 spiro atoms. The number of hydrogen-bond acceptors (Lipinski definition) is 5. The maximum atomic E-state index is 11.4. The van der Waals surface area contributed by atoms with Crippen LogP contribution in [0.1, 0.15) is 18.2 Å². The third-order valence-electron chi connectivity index (χ3n) is 3.02. The maximum absolute atomic E-state index is 11.4. The van der Waals surface area contributed by atoms with Crippen molar-refractivity contribution in [3.8, 4) is 6.01 Å². The highest BCUT2D eigenvalue weighted by atomic mass is 16.6. The largest absolute Gasteiger partial charge is 0.458 e. The van der Waals surface area contributed by atoms with E-state index < -0.39 is 0 Å². The molecule has 1 saturated heterocycles. The first-order valence-electron chi connectivity index (χ1n) is 5.22. The number of ether oxygens (including phenoxy) is 2. The number of aromatic nitrogens is 2. The fraction of sp³-hybridized carbons (Fsp3) is 0.600. The predicted octanol–water partition coefficient (Wildman–Crippen LogP) is -0.407. The van der Waals surface area contributed by atoms with E-state index in [-0.39, 0.29) is 36.6 Å². The van der Waals surface area contributed by atoms with Crippen LogP contribution in [0.4, 0.5) is 0 Å². The third kappa shape index (κ3) is 1.27. The molecule has 3 atom stereocenters. The van der Waals surface area contributed by atoms with Gasteiger partial charge in [-0.15, -0.1) is 0 Å². The quantitative estimate of drug-likeness (QED) is 0.702. The van der Waals surface area contributed by atoms with E-state index in [4.69, 9.17) is 14.6 Å². The van der Waals surface area contributed by atoms with Crippen molar-refractivity contribution in [3.05, 3.63) is 22.1 Å². The zero-order valence-corrected chi connectivity index (χ0v) is 8.79. The van der Waals surface area contributed by atoms with Crippen molar-refractivity contribution in [1.29, 1.82) is 0 Å². The van der Waals surface area contributed by atoms with Crippen LogP contribution in [-0.4, -0.2) is 33.5 Å². The van der Waals surface area contributed by atoms with Crippen molar-refractivity contribution in [1.82, 2.24) is 9.55 Å². The van der Waals surface area contributed by atoms with Gasteiger partial charge < -0.3 is 14.6 Å². The highest BCUT2D eigenvalue weighted by Gasteiger charge is 2.42. The summed E-state index contributed by atoms with van der Waals surface area (Å²) >= 11 is 0. The van der Waals surface area contributed by atoms with E-state index >= 15 is 0 Å². The summed E-state index contributed by atoms with van der Waals surface area (Å²) in [7, 11) is 0. The van der Waals surface area contributed by atoms with Gasteiger partial charge in [0.2, 0.25) is 0 Å². The molecule has 0 aromatic carbocycles. The van der Waals surface area contributed by atoms with Crippen LogP contribution in [0.2, 0.25) is 0 Å². The molecule has 1 unspecified atom stereocenters. The number of hydrogen-bond donors (Lipinski definition) is 1. The van der Waals surface area contributed by atoms with Crippen molar-refractivity contribution < 1.29 is 14.6 Å². The summed E-state index contributed by atoms with van der Waals surface area (Å²) in [6.45, 7) is 1.62. The molecule has 16 heavy (non-hydrogen) atoms. The summed E-state index contributed by atoms with van der Waals surface area (Å²) in [6, 6.07) is 0.285. The average Bonchev–Trinajstić information content (AvgIpc) is 2.60. The van der Waals surface area contributed by atoms with Crippen molar-refractivity contribution in [2.24, 2.45) is 0 Å². The lowest BCUT2D eigenvalue weighted by molar-refractivity contribution is -0.0247. The van der Waals surface area contributed by atoms with Crippen LogP contribution >= 0.6 is 0 Å². The standard InChI is InChI=1S/C10H12N2O4/c1-5-3-12-8-2-6(7(4-13)15-8)16-10(12)11-9(5)14/h3,6-8,13H,2,4H2,1H3/t6?,7-,8-/m1/s1. The number of aliphatic hydroxyl groups is 1. The van der Waals surface area contributed by atoms with E-state index in [1.165, 1.54) is 0 Å². The number of fused-ring (bicyclic) bond motifs is 4. The van der Waals surface area contributed by atoms with Gasteiger partial charge >= 0.3 is 6.01 Å². The molecule has 0 aliphatic carbocycles. The molecule has 1 N–H and O–H groups in total. The molecule has 1 fully saturated rings. The Labute approximate surface area is 91.4 Å². The molecule has 86 valence electrons. The molecule has 3 rings (SSSR count). The highest BCUT2D eigenvalue weighted by Crippen LogP contribution is 2.37. The van der Waals surface area contributed by atoms with Gasteiger partial charge in [-0.3, -0.25) is 9.36 Å². The van der Waals surface area contributed by atoms with E-state index in [0.29, 0.717) is 12.0 Å². The normalized spacial score (nSPS) is 31.0. The van der Waals surface area contributed by atoms with Gasteiger partial charge in [0.05, 0.1) is 6.61 Å². The zero-order valence-electron chi connectivity index (χ0n) is 8.79. The smallest absolute Gasteiger partial charge is 0.302 e. The number of aliphatic hydroxyl groups excluding tert-OH is 1. The molecule has 0 radical (unpaired) electrons. The predicted molar refractivity (Wildman–Crippen MR) is 53.3 cm³/mol. The third-order valence-corrected chi connectivity index (χ3v) is 3.02. The van der Waals surface area contributed by atoms with Crippen LogP contribution < -0.4 is 10.3 Å². The van der Waals surface area contributed by atoms with Gasteiger partial charge in [0, 0.05) is 18.2 Å². The Balaban J connectivity index is 2.06. The molecule has 6 nitrogen and oxygen atoms in total. The minimum atomic E-state index is -0.331. The molecular weight excluding hydrogens is 212 g/mol.